The number of methoxy groups -OCH3 is 1. The van der Waals surface area contributed by atoms with Gasteiger partial charge in [-0.25, -0.2) is 9.37 Å². The van der Waals surface area contributed by atoms with E-state index < -0.39 is 17.6 Å². The van der Waals surface area contributed by atoms with Gasteiger partial charge in [0.15, 0.2) is 17.4 Å². The van der Waals surface area contributed by atoms with E-state index in [1.807, 2.05) is 0 Å². The van der Waals surface area contributed by atoms with E-state index in [0.717, 1.165) is 6.20 Å². The van der Waals surface area contributed by atoms with E-state index in [4.69, 9.17) is 16.2 Å². The number of rotatable bonds is 7. The first-order chi connectivity index (χ1) is 13.9. The van der Waals surface area contributed by atoms with E-state index in [-0.39, 0.29) is 23.1 Å². The van der Waals surface area contributed by atoms with Crippen LogP contribution in [0.2, 0.25) is 0 Å². The Morgan fingerprint density at radius 2 is 1.76 bits per heavy atom. The minimum atomic E-state index is -0.717. The monoisotopic (exact) mass is 396 g/mol. The highest BCUT2D eigenvalue weighted by Crippen LogP contribution is 2.31. The molecule has 2 aromatic carbocycles. The van der Waals surface area contributed by atoms with Crippen LogP contribution < -0.4 is 26.8 Å². The van der Waals surface area contributed by atoms with Gasteiger partial charge >= 0.3 is 0 Å². The Balaban J connectivity index is 1.87. The fourth-order valence-corrected chi connectivity index (χ4v) is 2.54. The van der Waals surface area contributed by atoms with E-state index in [0.29, 0.717) is 16.9 Å². The normalized spacial score (nSPS) is 10.3. The maximum Gasteiger partial charge on any atom is 0.252 e. The summed E-state index contributed by atoms with van der Waals surface area (Å²) in [5, 5.41) is 5.67. The Bertz CT molecular complexity index is 1070. The van der Waals surface area contributed by atoms with Crippen LogP contribution in [0, 0.1) is 5.82 Å². The number of carbonyl (C=O) groups is 2. The first kappa shape index (κ1) is 19.5. The maximum atomic E-state index is 14.2. The van der Waals surface area contributed by atoms with Gasteiger partial charge in [0.1, 0.15) is 0 Å². The first-order valence-corrected chi connectivity index (χ1v) is 8.32. The van der Waals surface area contributed by atoms with Crippen molar-refractivity contribution in [3.05, 3.63) is 65.6 Å². The fraction of sp³-hybridized carbons (Fsp3) is 0.0526. The zero-order chi connectivity index (χ0) is 21.0. The predicted octanol–water partition coefficient (Wildman–Crippen LogP) is 2.31. The number of ether oxygens (including phenoxy) is 1. The summed E-state index contributed by atoms with van der Waals surface area (Å²) >= 11 is 0. The van der Waals surface area contributed by atoms with Crippen molar-refractivity contribution < 1.29 is 18.7 Å². The Hall–Kier alpha value is -4.21. The maximum absolute atomic E-state index is 14.2. The van der Waals surface area contributed by atoms with E-state index in [2.05, 4.69) is 20.6 Å². The standard InChI is InChI=1S/C19H17FN6O3/c1-29-15-12(17(22)28)3-2-4-14(15)25-18-13(20)9-23-19(26-18)24-11-7-5-10(6-8-11)16(21)27/h2-9H,1H3,(H2,21,27)(H2,22,28)(H2,23,24,25,26). The molecule has 9 nitrogen and oxygen atoms in total. The third-order valence-corrected chi connectivity index (χ3v) is 3.91. The number of nitrogens with two attached hydrogens (primary N) is 2. The minimum Gasteiger partial charge on any atom is -0.494 e. The van der Waals surface area contributed by atoms with Crippen molar-refractivity contribution in [2.45, 2.75) is 0 Å². The second kappa shape index (κ2) is 8.21. The molecule has 0 saturated heterocycles. The summed E-state index contributed by atoms with van der Waals surface area (Å²) in [6.45, 7) is 0. The Kier molecular flexibility index (Phi) is 5.54. The Morgan fingerprint density at radius 1 is 1.03 bits per heavy atom. The Labute approximate surface area is 164 Å². The molecule has 0 spiro atoms. The lowest BCUT2D eigenvalue weighted by molar-refractivity contribution is 0.0990. The van der Waals surface area contributed by atoms with Gasteiger partial charge in [-0.1, -0.05) is 6.07 Å². The van der Waals surface area contributed by atoms with Gasteiger partial charge in [0.2, 0.25) is 11.9 Å². The second-order valence-corrected chi connectivity index (χ2v) is 5.83. The highest BCUT2D eigenvalue weighted by molar-refractivity contribution is 5.98. The number of carbonyl (C=O) groups excluding carboxylic acids is 2. The molecule has 1 aromatic heterocycles. The highest BCUT2D eigenvalue weighted by Gasteiger charge is 2.16. The van der Waals surface area contributed by atoms with Gasteiger partial charge in [-0.05, 0) is 36.4 Å². The number of anilines is 4. The molecule has 0 radical (unpaired) electrons. The van der Waals surface area contributed by atoms with Gasteiger partial charge in [-0.3, -0.25) is 9.59 Å². The highest BCUT2D eigenvalue weighted by atomic mass is 19.1. The molecule has 0 atom stereocenters. The lowest BCUT2D eigenvalue weighted by Crippen LogP contribution is -2.13. The molecule has 148 valence electrons. The van der Waals surface area contributed by atoms with Gasteiger partial charge in [0.25, 0.3) is 5.91 Å². The van der Waals surface area contributed by atoms with Crippen LogP contribution in [-0.4, -0.2) is 28.9 Å². The van der Waals surface area contributed by atoms with E-state index >= 15 is 0 Å². The van der Waals surface area contributed by atoms with Gasteiger partial charge < -0.3 is 26.8 Å². The van der Waals surface area contributed by atoms with Crippen molar-refractivity contribution in [3.63, 3.8) is 0 Å². The number of amides is 2. The minimum absolute atomic E-state index is 0.103. The van der Waals surface area contributed by atoms with Crippen molar-refractivity contribution in [3.8, 4) is 5.75 Å². The number of hydrogen-bond acceptors (Lipinski definition) is 7. The molecule has 3 rings (SSSR count). The average molecular weight is 396 g/mol. The number of hydrogen-bond donors (Lipinski definition) is 4. The molecule has 2 amide bonds. The number of aromatic nitrogens is 2. The molecule has 0 aliphatic carbocycles. The SMILES string of the molecule is COc1c(Nc2nc(Nc3ccc(C(N)=O)cc3)ncc2F)cccc1C(N)=O. The number of benzene rings is 2. The van der Waals surface area contributed by atoms with E-state index in [9.17, 15) is 14.0 Å². The number of nitrogens with zero attached hydrogens (tertiary/aromatic N) is 2. The molecule has 0 fully saturated rings. The Morgan fingerprint density at radius 3 is 2.38 bits per heavy atom. The number of primary amides is 2. The predicted molar refractivity (Wildman–Crippen MR) is 105 cm³/mol. The fourth-order valence-electron chi connectivity index (χ4n) is 2.54. The van der Waals surface area contributed by atoms with E-state index in [1.165, 1.54) is 25.3 Å². The molecule has 6 N–H and O–H groups in total. The smallest absolute Gasteiger partial charge is 0.252 e. The third kappa shape index (κ3) is 4.38. The van der Waals surface area contributed by atoms with Crippen LogP contribution >= 0.6 is 0 Å². The lowest BCUT2D eigenvalue weighted by atomic mass is 10.1. The third-order valence-electron chi connectivity index (χ3n) is 3.91. The summed E-state index contributed by atoms with van der Waals surface area (Å²) in [7, 11) is 1.37. The zero-order valence-electron chi connectivity index (χ0n) is 15.3. The van der Waals surface area contributed by atoms with Crippen LogP contribution in [0.3, 0.4) is 0 Å². The van der Waals surface area contributed by atoms with Gasteiger partial charge in [-0.2, -0.15) is 4.98 Å². The molecule has 10 heteroatoms. The largest absolute Gasteiger partial charge is 0.494 e. The van der Waals surface area contributed by atoms with Gasteiger partial charge in [0, 0.05) is 11.3 Å². The van der Waals surface area contributed by atoms with E-state index in [1.54, 1.807) is 24.3 Å². The van der Waals surface area contributed by atoms with Crippen LogP contribution in [0.15, 0.2) is 48.7 Å². The van der Waals surface area contributed by atoms with Crippen LogP contribution in [0.25, 0.3) is 0 Å². The zero-order valence-corrected chi connectivity index (χ0v) is 15.3. The van der Waals surface area contributed by atoms with Crippen molar-refractivity contribution in [1.82, 2.24) is 9.97 Å². The molecule has 0 aliphatic heterocycles. The van der Waals surface area contributed by atoms with Crippen LogP contribution in [-0.2, 0) is 0 Å². The van der Waals surface area contributed by atoms with Gasteiger partial charge in [-0.15, -0.1) is 0 Å². The number of nitrogens with one attached hydrogen (secondary N) is 2. The van der Waals surface area contributed by atoms with Crippen LogP contribution in [0.4, 0.5) is 27.5 Å². The number of halogens is 1. The molecule has 0 aliphatic rings. The van der Waals surface area contributed by atoms with Crippen molar-refractivity contribution in [1.29, 1.82) is 0 Å². The topological polar surface area (TPSA) is 145 Å². The second-order valence-electron chi connectivity index (χ2n) is 5.83. The quantitative estimate of drug-likeness (QED) is 0.479. The molecule has 0 bridgehead atoms. The van der Waals surface area contributed by atoms with Crippen molar-refractivity contribution >= 4 is 35.0 Å². The molecule has 0 saturated carbocycles. The molecule has 1 heterocycles. The summed E-state index contributed by atoms with van der Waals surface area (Å²) < 4.78 is 19.5. The molecule has 3 aromatic rings. The first-order valence-electron chi connectivity index (χ1n) is 8.32. The summed E-state index contributed by atoms with van der Waals surface area (Å²) in [5.41, 5.74) is 11.9. The average Bonchev–Trinajstić information content (AvgIpc) is 2.70. The van der Waals surface area contributed by atoms with Crippen LogP contribution in [0.1, 0.15) is 20.7 Å². The lowest BCUT2D eigenvalue weighted by Gasteiger charge is -2.14. The number of para-hydroxylation sites is 1. The van der Waals surface area contributed by atoms with Crippen molar-refractivity contribution in [2.75, 3.05) is 17.7 Å². The summed E-state index contributed by atoms with van der Waals surface area (Å²) in [5.74, 6) is -1.83. The molecular weight excluding hydrogens is 379 g/mol. The van der Waals surface area contributed by atoms with Crippen LogP contribution in [0.5, 0.6) is 5.75 Å². The molecule has 29 heavy (non-hydrogen) atoms. The summed E-state index contributed by atoms with van der Waals surface area (Å²) in [6.07, 6.45) is 0.986. The summed E-state index contributed by atoms with van der Waals surface area (Å²) in [6, 6.07) is 10.9. The molecule has 0 unspecified atom stereocenters. The van der Waals surface area contributed by atoms with Crippen molar-refractivity contribution in [2.24, 2.45) is 11.5 Å². The van der Waals surface area contributed by atoms with Gasteiger partial charge in [0.05, 0.1) is 24.6 Å². The summed E-state index contributed by atoms with van der Waals surface area (Å²) in [4.78, 5) is 30.7. The molecular formula is C19H17FN6O3.